The minimum Gasteiger partial charge on any atom is -0.465 e. The van der Waals surface area contributed by atoms with E-state index < -0.39 is 40.4 Å². The maximum atomic E-state index is 13.1. The molecule has 0 amide bonds. The van der Waals surface area contributed by atoms with E-state index >= 15 is 0 Å². The first-order chi connectivity index (χ1) is 13.9. The molecule has 1 aromatic heterocycles. The molecule has 4 nitrogen and oxygen atoms in total. The molecule has 30 heavy (non-hydrogen) atoms. The van der Waals surface area contributed by atoms with Gasteiger partial charge in [0.05, 0.1) is 28.4 Å². The van der Waals surface area contributed by atoms with Crippen LogP contribution in [0.1, 0.15) is 18.1 Å². The number of carbonyl (C=O) groups excluding carboxylic acids is 1. The number of para-hydroxylation sites is 1. The predicted octanol–water partition coefficient (Wildman–Crippen LogP) is 6.20. The predicted molar refractivity (Wildman–Crippen MR) is 100 cm³/mol. The van der Waals surface area contributed by atoms with E-state index in [4.69, 9.17) is 16.3 Å². The van der Waals surface area contributed by atoms with Crippen LogP contribution in [0, 0.1) is 0 Å². The molecule has 1 atom stereocenters. The number of aromatic nitrogens is 1. The summed E-state index contributed by atoms with van der Waals surface area (Å²) in [4.78, 5) is 19.5. The van der Waals surface area contributed by atoms with Crippen LogP contribution in [-0.4, -0.2) is 29.0 Å². The van der Waals surface area contributed by atoms with Gasteiger partial charge in [0.25, 0.3) is 0 Å². The number of ether oxygens (including phenoxy) is 1. The summed E-state index contributed by atoms with van der Waals surface area (Å²) in [5, 5.41) is -1.82. The van der Waals surface area contributed by atoms with Crippen LogP contribution < -0.4 is 0 Å². The Morgan fingerprint density at radius 3 is 2.47 bits per heavy atom. The Morgan fingerprint density at radius 1 is 1.23 bits per heavy atom. The first-order valence-corrected chi connectivity index (χ1v) is 9.45. The fourth-order valence-electron chi connectivity index (χ4n) is 2.13. The molecule has 0 aliphatic rings. The van der Waals surface area contributed by atoms with Crippen LogP contribution in [0.4, 0.5) is 32.0 Å². The van der Waals surface area contributed by atoms with Gasteiger partial charge in [0.2, 0.25) is 0 Å². The summed E-state index contributed by atoms with van der Waals surface area (Å²) in [6.07, 6.45) is -7.89. The zero-order valence-electron chi connectivity index (χ0n) is 15.1. The minimum atomic E-state index is -4.67. The van der Waals surface area contributed by atoms with E-state index in [9.17, 15) is 31.1 Å². The molecule has 162 valence electrons. The highest BCUT2D eigenvalue weighted by Gasteiger charge is 2.34. The third kappa shape index (κ3) is 6.36. The second-order valence-electron chi connectivity index (χ2n) is 5.59. The molecular weight excluding hydrogens is 458 g/mol. The number of rotatable bonds is 6. The van der Waals surface area contributed by atoms with Crippen molar-refractivity contribution in [1.29, 1.82) is 0 Å². The lowest BCUT2D eigenvalue weighted by Gasteiger charge is -2.13. The largest absolute Gasteiger partial charge is 0.465 e. The average molecular weight is 471 g/mol. The lowest BCUT2D eigenvalue weighted by atomic mass is 10.2. The van der Waals surface area contributed by atoms with Crippen LogP contribution in [0.25, 0.3) is 0 Å². The summed E-state index contributed by atoms with van der Waals surface area (Å²) < 4.78 is 82.4. The Balaban J connectivity index is 2.35. The van der Waals surface area contributed by atoms with E-state index in [1.165, 1.54) is 19.1 Å². The number of aliphatic imine (C=N–C) groups is 1. The van der Waals surface area contributed by atoms with Gasteiger partial charge in [-0.25, -0.2) is 4.98 Å². The highest BCUT2D eigenvalue weighted by Crippen LogP contribution is 2.37. The SMILES string of the molecule is CCOC(=O)C(C=Nc1ccccc1C(F)(F)F)Sc1ncc(C(F)(F)F)cc1Cl. The summed E-state index contributed by atoms with van der Waals surface area (Å²) in [5.41, 5.74) is -2.54. The van der Waals surface area contributed by atoms with Crippen molar-refractivity contribution < 1.29 is 35.9 Å². The fourth-order valence-corrected chi connectivity index (χ4v) is 3.24. The third-order valence-electron chi connectivity index (χ3n) is 3.45. The minimum absolute atomic E-state index is 0.0307. The maximum Gasteiger partial charge on any atom is 0.418 e. The van der Waals surface area contributed by atoms with Crippen molar-refractivity contribution in [3.8, 4) is 0 Å². The van der Waals surface area contributed by atoms with Crippen molar-refractivity contribution in [2.24, 2.45) is 4.99 Å². The van der Waals surface area contributed by atoms with Crippen molar-refractivity contribution in [2.75, 3.05) is 6.61 Å². The standard InChI is InChI=1S/C18H13ClF6N2O2S/c1-2-29-16(28)14(9-26-13-6-4-3-5-11(13)18(23,24)25)30-15-12(19)7-10(8-27-15)17(20,21)22/h3-9,14H,2H2,1H3. The Kier molecular flexibility index (Phi) is 7.75. The number of hydrogen-bond donors (Lipinski definition) is 0. The zero-order chi connectivity index (χ0) is 22.5. The summed E-state index contributed by atoms with van der Waals surface area (Å²) in [6, 6.07) is 5.09. The molecule has 0 fully saturated rings. The van der Waals surface area contributed by atoms with Gasteiger partial charge in [0, 0.05) is 12.4 Å². The number of carbonyl (C=O) groups is 1. The van der Waals surface area contributed by atoms with Gasteiger partial charge in [-0.15, -0.1) is 0 Å². The summed E-state index contributed by atoms with van der Waals surface area (Å²) in [5.74, 6) is -0.867. The zero-order valence-corrected chi connectivity index (χ0v) is 16.7. The first-order valence-electron chi connectivity index (χ1n) is 8.20. The molecule has 1 unspecified atom stereocenters. The molecule has 0 saturated heterocycles. The molecule has 12 heteroatoms. The Morgan fingerprint density at radius 2 is 1.90 bits per heavy atom. The molecule has 2 aromatic rings. The van der Waals surface area contributed by atoms with Gasteiger partial charge >= 0.3 is 18.3 Å². The number of thioether (sulfide) groups is 1. The molecule has 1 aromatic carbocycles. The van der Waals surface area contributed by atoms with Crippen LogP contribution in [0.15, 0.2) is 46.5 Å². The molecule has 1 heterocycles. The summed E-state index contributed by atoms with van der Waals surface area (Å²) >= 11 is 6.43. The van der Waals surface area contributed by atoms with E-state index in [-0.39, 0.29) is 16.7 Å². The van der Waals surface area contributed by atoms with E-state index in [1.807, 2.05) is 0 Å². The van der Waals surface area contributed by atoms with Crippen molar-refractivity contribution in [2.45, 2.75) is 29.6 Å². The molecule has 0 saturated carbocycles. The van der Waals surface area contributed by atoms with E-state index in [1.54, 1.807) is 0 Å². The number of benzene rings is 1. The normalized spacial score (nSPS) is 13.5. The topological polar surface area (TPSA) is 51.5 Å². The van der Waals surface area contributed by atoms with Crippen LogP contribution >= 0.6 is 23.4 Å². The highest BCUT2D eigenvalue weighted by molar-refractivity contribution is 8.01. The average Bonchev–Trinajstić information content (AvgIpc) is 2.65. The fraction of sp³-hybridized carbons (Fsp3) is 0.278. The number of halogens is 7. The number of pyridine rings is 1. The summed E-state index contributed by atoms with van der Waals surface area (Å²) in [7, 11) is 0. The molecule has 0 aliphatic carbocycles. The second kappa shape index (κ2) is 9.69. The van der Waals surface area contributed by atoms with E-state index in [0.717, 1.165) is 18.3 Å². The van der Waals surface area contributed by atoms with Gasteiger partial charge in [-0.2, -0.15) is 26.3 Å². The molecule has 0 radical (unpaired) electrons. The van der Waals surface area contributed by atoms with Crippen LogP contribution in [-0.2, 0) is 21.9 Å². The van der Waals surface area contributed by atoms with E-state index in [0.29, 0.717) is 24.0 Å². The monoisotopic (exact) mass is 470 g/mol. The molecular formula is C18H13ClF6N2O2S. The Labute approximate surface area is 176 Å². The lowest BCUT2D eigenvalue weighted by Crippen LogP contribution is -2.22. The smallest absolute Gasteiger partial charge is 0.418 e. The number of alkyl halides is 6. The van der Waals surface area contributed by atoms with Crippen molar-refractivity contribution in [3.05, 3.63) is 52.7 Å². The van der Waals surface area contributed by atoms with Crippen molar-refractivity contribution >= 4 is 41.2 Å². The van der Waals surface area contributed by atoms with Crippen molar-refractivity contribution in [3.63, 3.8) is 0 Å². The molecule has 2 rings (SSSR count). The molecule has 0 bridgehead atoms. The van der Waals surface area contributed by atoms with Gasteiger partial charge in [-0.05, 0) is 25.1 Å². The lowest BCUT2D eigenvalue weighted by molar-refractivity contribution is -0.141. The van der Waals surface area contributed by atoms with Gasteiger partial charge in [0.15, 0.2) is 0 Å². The maximum absolute atomic E-state index is 13.1. The quantitative estimate of drug-likeness (QED) is 0.218. The molecule has 0 N–H and O–H groups in total. The number of esters is 1. The van der Waals surface area contributed by atoms with Crippen molar-refractivity contribution in [1.82, 2.24) is 4.98 Å². The van der Waals surface area contributed by atoms with Crippen LogP contribution in [0.5, 0.6) is 0 Å². The van der Waals surface area contributed by atoms with Gasteiger partial charge in [0.1, 0.15) is 10.3 Å². The third-order valence-corrected chi connectivity index (χ3v) is 4.97. The van der Waals surface area contributed by atoms with Gasteiger partial charge < -0.3 is 4.74 Å². The Hall–Kier alpha value is -2.27. The van der Waals surface area contributed by atoms with Gasteiger partial charge in [-0.3, -0.25) is 9.79 Å². The summed E-state index contributed by atoms with van der Waals surface area (Å²) in [6.45, 7) is 1.48. The van der Waals surface area contributed by atoms with Gasteiger partial charge in [-0.1, -0.05) is 35.5 Å². The van der Waals surface area contributed by atoms with Crippen LogP contribution in [0.3, 0.4) is 0 Å². The first kappa shape index (κ1) is 24.0. The second-order valence-corrected chi connectivity index (χ2v) is 7.13. The Bertz CT molecular complexity index is 934. The number of nitrogens with zero attached hydrogens (tertiary/aromatic N) is 2. The molecule has 0 spiro atoms. The number of hydrogen-bond acceptors (Lipinski definition) is 5. The van der Waals surface area contributed by atoms with Crippen LogP contribution in [0.2, 0.25) is 5.02 Å². The van der Waals surface area contributed by atoms with E-state index in [2.05, 4.69) is 9.98 Å². The molecule has 0 aliphatic heterocycles. The highest BCUT2D eigenvalue weighted by atomic mass is 35.5.